The first-order valence-electron chi connectivity index (χ1n) is 5.86. The lowest BCUT2D eigenvalue weighted by Crippen LogP contribution is -1.88. The summed E-state index contributed by atoms with van der Waals surface area (Å²) in [7, 11) is 0. The fraction of sp³-hybridized carbons (Fsp3) is 0.0625. The molecule has 0 fully saturated rings. The van der Waals surface area contributed by atoms with E-state index >= 15 is 0 Å². The van der Waals surface area contributed by atoms with Crippen LogP contribution < -0.4 is 0 Å². The molecule has 1 heterocycles. The number of aromatic nitrogens is 1. The second-order valence-corrected chi connectivity index (χ2v) is 4.72. The second kappa shape index (κ2) is 4.43. The van der Waals surface area contributed by atoms with Gasteiger partial charge in [-0.15, -0.1) is 0 Å². The van der Waals surface area contributed by atoms with Crippen molar-refractivity contribution in [2.75, 3.05) is 0 Å². The molecule has 0 unspecified atom stereocenters. The Balaban J connectivity index is 2.39. The number of hydrogen-bond acceptors (Lipinski definition) is 1. The van der Waals surface area contributed by atoms with Crippen molar-refractivity contribution in [1.82, 2.24) is 4.98 Å². The van der Waals surface area contributed by atoms with Gasteiger partial charge in [0.1, 0.15) is 0 Å². The van der Waals surface area contributed by atoms with Crippen molar-refractivity contribution in [3.63, 3.8) is 0 Å². The zero-order valence-electron chi connectivity index (χ0n) is 10.0. The molecule has 0 N–H and O–H groups in total. The molecule has 0 spiro atoms. The molecule has 0 aliphatic rings. The number of halogens is 1. The molecule has 88 valence electrons. The van der Waals surface area contributed by atoms with Crippen molar-refractivity contribution in [1.29, 1.82) is 0 Å². The summed E-state index contributed by atoms with van der Waals surface area (Å²) in [5, 5.41) is 1.91. The zero-order valence-corrected chi connectivity index (χ0v) is 10.8. The average molecular weight is 254 g/mol. The molecular weight excluding hydrogens is 242 g/mol. The average Bonchev–Trinajstić information content (AvgIpc) is 2.39. The van der Waals surface area contributed by atoms with Gasteiger partial charge in [-0.25, -0.2) is 0 Å². The molecule has 0 radical (unpaired) electrons. The Hall–Kier alpha value is -1.86. The lowest BCUT2D eigenvalue weighted by Gasteiger charge is -2.10. The smallest absolute Gasteiger partial charge is 0.0780 e. The predicted octanol–water partition coefficient (Wildman–Crippen LogP) is 4.86. The summed E-state index contributed by atoms with van der Waals surface area (Å²) >= 11 is 6.34. The first-order valence-corrected chi connectivity index (χ1v) is 6.24. The van der Waals surface area contributed by atoms with E-state index in [-0.39, 0.29) is 0 Å². The number of aryl methyl sites for hydroxylation is 1. The zero-order chi connectivity index (χ0) is 12.5. The Bertz CT molecular complexity index is 694. The summed E-state index contributed by atoms with van der Waals surface area (Å²) < 4.78 is 0. The van der Waals surface area contributed by atoms with Crippen molar-refractivity contribution >= 4 is 22.5 Å². The Morgan fingerprint density at radius 2 is 1.72 bits per heavy atom. The fourth-order valence-electron chi connectivity index (χ4n) is 2.28. The summed E-state index contributed by atoms with van der Waals surface area (Å²) in [6.07, 6.45) is 1.82. The van der Waals surface area contributed by atoms with Crippen molar-refractivity contribution in [2.45, 2.75) is 6.92 Å². The van der Waals surface area contributed by atoms with Crippen LogP contribution in [-0.2, 0) is 0 Å². The highest BCUT2D eigenvalue weighted by Crippen LogP contribution is 2.34. The third-order valence-corrected chi connectivity index (χ3v) is 3.44. The van der Waals surface area contributed by atoms with Gasteiger partial charge in [0.05, 0.1) is 5.52 Å². The molecule has 18 heavy (non-hydrogen) atoms. The standard InChI is InChI=1S/C16H12ClN/c1-11-5-2-9-14(17)15(11)13-8-3-6-12-7-4-10-18-16(12)13/h2-10H,1H3. The van der Waals surface area contributed by atoms with Gasteiger partial charge in [-0.05, 0) is 24.6 Å². The Morgan fingerprint density at radius 1 is 0.944 bits per heavy atom. The first kappa shape index (κ1) is 11.2. The molecule has 0 atom stereocenters. The lowest BCUT2D eigenvalue weighted by atomic mass is 9.98. The van der Waals surface area contributed by atoms with Crippen LogP contribution in [0.3, 0.4) is 0 Å². The third-order valence-electron chi connectivity index (χ3n) is 3.12. The predicted molar refractivity (Wildman–Crippen MR) is 76.9 cm³/mol. The Morgan fingerprint density at radius 3 is 2.56 bits per heavy atom. The van der Waals surface area contributed by atoms with Crippen molar-refractivity contribution in [3.05, 3.63) is 65.3 Å². The first-order chi connectivity index (χ1) is 8.77. The van der Waals surface area contributed by atoms with Crippen molar-refractivity contribution in [3.8, 4) is 11.1 Å². The largest absolute Gasteiger partial charge is 0.256 e. The molecule has 1 nitrogen and oxygen atoms in total. The van der Waals surface area contributed by atoms with Gasteiger partial charge in [0.2, 0.25) is 0 Å². The van der Waals surface area contributed by atoms with Gasteiger partial charge in [-0.1, -0.05) is 48.0 Å². The van der Waals surface area contributed by atoms with E-state index < -0.39 is 0 Å². The van der Waals surface area contributed by atoms with Crippen LogP contribution >= 0.6 is 11.6 Å². The minimum Gasteiger partial charge on any atom is -0.256 e. The lowest BCUT2D eigenvalue weighted by molar-refractivity contribution is 1.40. The molecule has 1 aromatic heterocycles. The third kappa shape index (κ3) is 1.77. The van der Waals surface area contributed by atoms with Gasteiger partial charge >= 0.3 is 0 Å². The van der Waals surface area contributed by atoms with Crippen LogP contribution in [0.4, 0.5) is 0 Å². The Labute approximate surface area is 111 Å². The number of para-hydroxylation sites is 1. The molecule has 0 aliphatic carbocycles. The van der Waals surface area contributed by atoms with Crippen LogP contribution in [0.1, 0.15) is 5.56 Å². The number of benzene rings is 2. The van der Waals surface area contributed by atoms with E-state index in [9.17, 15) is 0 Å². The monoisotopic (exact) mass is 253 g/mol. The maximum atomic E-state index is 6.34. The van der Waals surface area contributed by atoms with Gasteiger partial charge < -0.3 is 0 Å². The topological polar surface area (TPSA) is 12.9 Å². The fourth-order valence-corrected chi connectivity index (χ4v) is 2.60. The van der Waals surface area contributed by atoms with Crippen LogP contribution in [0.5, 0.6) is 0 Å². The van der Waals surface area contributed by atoms with E-state index in [1.54, 1.807) is 0 Å². The van der Waals surface area contributed by atoms with E-state index in [4.69, 9.17) is 11.6 Å². The molecule has 0 bridgehead atoms. The molecule has 3 rings (SSSR count). The molecule has 2 aromatic carbocycles. The Kier molecular flexibility index (Phi) is 2.77. The van der Waals surface area contributed by atoms with E-state index in [2.05, 4.69) is 36.2 Å². The number of hydrogen-bond donors (Lipinski definition) is 0. The van der Waals surface area contributed by atoms with Gasteiger partial charge in [0.15, 0.2) is 0 Å². The molecule has 0 saturated carbocycles. The molecule has 0 amide bonds. The highest BCUT2D eigenvalue weighted by molar-refractivity contribution is 6.33. The molecule has 3 aromatic rings. The van der Waals surface area contributed by atoms with Gasteiger partial charge in [0.25, 0.3) is 0 Å². The highest BCUT2D eigenvalue weighted by atomic mass is 35.5. The summed E-state index contributed by atoms with van der Waals surface area (Å²) in [6.45, 7) is 2.07. The van der Waals surface area contributed by atoms with Crippen LogP contribution in [-0.4, -0.2) is 4.98 Å². The quantitative estimate of drug-likeness (QED) is 0.603. The van der Waals surface area contributed by atoms with Gasteiger partial charge in [0, 0.05) is 27.7 Å². The maximum Gasteiger partial charge on any atom is 0.0780 e. The summed E-state index contributed by atoms with van der Waals surface area (Å²) in [4.78, 5) is 4.48. The SMILES string of the molecule is Cc1cccc(Cl)c1-c1cccc2cccnc12. The van der Waals surface area contributed by atoms with E-state index in [1.807, 2.05) is 30.5 Å². The normalized spacial score (nSPS) is 10.8. The molecular formula is C16H12ClN. The number of pyridine rings is 1. The number of nitrogens with zero attached hydrogens (tertiary/aromatic N) is 1. The summed E-state index contributed by atoms with van der Waals surface area (Å²) in [6, 6.07) is 16.2. The van der Waals surface area contributed by atoms with Crippen LogP contribution in [0, 0.1) is 6.92 Å². The highest BCUT2D eigenvalue weighted by Gasteiger charge is 2.10. The molecule has 2 heteroatoms. The molecule has 0 saturated heterocycles. The summed E-state index contributed by atoms with van der Waals surface area (Å²) in [5.74, 6) is 0. The van der Waals surface area contributed by atoms with Crippen LogP contribution in [0.15, 0.2) is 54.7 Å². The van der Waals surface area contributed by atoms with E-state index in [0.717, 1.165) is 27.1 Å². The second-order valence-electron chi connectivity index (χ2n) is 4.31. The maximum absolute atomic E-state index is 6.34. The molecule has 0 aliphatic heterocycles. The summed E-state index contributed by atoms with van der Waals surface area (Å²) in [5.41, 5.74) is 4.33. The van der Waals surface area contributed by atoms with Crippen molar-refractivity contribution in [2.24, 2.45) is 0 Å². The van der Waals surface area contributed by atoms with Crippen LogP contribution in [0.25, 0.3) is 22.0 Å². The van der Waals surface area contributed by atoms with Crippen molar-refractivity contribution < 1.29 is 0 Å². The van der Waals surface area contributed by atoms with Gasteiger partial charge in [-0.3, -0.25) is 4.98 Å². The van der Waals surface area contributed by atoms with Gasteiger partial charge in [-0.2, -0.15) is 0 Å². The van der Waals surface area contributed by atoms with E-state index in [1.165, 1.54) is 5.56 Å². The number of fused-ring (bicyclic) bond motifs is 1. The minimum absolute atomic E-state index is 0.771. The minimum atomic E-state index is 0.771. The van der Waals surface area contributed by atoms with Crippen LogP contribution in [0.2, 0.25) is 5.02 Å². The number of rotatable bonds is 1. The van der Waals surface area contributed by atoms with E-state index in [0.29, 0.717) is 0 Å².